The van der Waals surface area contributed by atoms with E-state index in [4.69, 9.17) is 19.0 Å². The van der Waals surface area contributed by atoms with Crippen molar-refractivity contribution in [2.45, 2.75) is 45.8 Å². The summed E-state index contributed by atoms with van der Waals surface area (Å²) >= 11 is 3.33. The van der Waals surface area contributed by atoms with E-state index < -0.39 is 6.16 Å². The molecule has 29 heavy (non-hydrogen) atoms. The molecular formula is C19H23BrN4O5. The monoisotopic (exact) mass is 466 g/mol. The van der Waals surface area contributed by atoms with Crippen LogP contribution in [0.15, 0.2) is 29.1 Å². The van der Waals surface area contributed by atoms with E-state index in [0.29, 0.717) is 43.4 Å². The Bertz CT molecular complexity index is 843. The molecule has 0 saturated carbocycles. The number of halogens is 1. The van der Waals surface area contributed by atoms with Gasteiger partial charge in [0.25, 0.3) is 0 Å². The first kappa shape index (κ1) is 21.3. The molecule has 0 radical (unpaired) electrons. The second-order valence-corrected chi connectivity index (χ2v) is 7.58. The van der Waals surface area contributed by atoms with Crippen molar-refractivity contribution < 1.29 is 23.8 Å². The predicted octanol–water partition coefficient (Wildman–Crippen LogP) is 4.05. The minimum Gasteiger partial charge on any atom is -0.474 e. The van der Waals surface area contributed by atoms with Crippen molar-refractivity contribution in [1.29, 1.82) is 0 Å². The van der Waals surface area contributed by atoms with Crippen LogP contribution in [0.5, 0.6) is 17.5 Å². The molecule has 0 unspecified atom stereocenters. The van der Waals surface area contributed by atoms with Crippen LogP contribution in [-0.4, -0.2) is 51.5 Å². The molecule has 0 spiro atoms. The third kappa shape index (κ3) is 6.53. The predicted molar refractivity (Wildman–Crippen MR) is 107 cm³/mol. The Morgan fingerprint density at radius 3 is 2.62 bits per heavy atom. The van der Waals surface area contributed by atoms with Gasteiger partial charge in [-0.1, -0.05) is 0 Å². The van der Waals surface area contributed by atoms with Gasteiger partial charge in [-0.3, -0.25) is 0 Å². The SMILES string of the molecule is Cc1nc(Br)ccc1Oc1cc(OC2CCN(OC(=O)OC(C)C)CC2)ncn1. The van der Waals surface area contributed by atoms with Crippen molar-refractivity contribution in [1.82, 2.24) is 20.0 Å². The molecule has 0 amide bonds. The van der Waals surface area contributed by atoms with E-state index >= 15 is 0 Å². The average Bonchev–Trinajstić information content (AvgIpc) is 2.65. The Morgan fingerprint density at radius 2 is 1.93 bits per heavy atom. The van der Waals surface area contributed by atoms with Crippen LogP contribution in [0.2, 0.25) is 0 Å². The minimum absolute atomic E-state index is 0.0465. The summed E-state index contributed by atoms with van der Waals surface area (Å²) in [6.07, 6.45) is 1.82. The number of carbonyl (C=O) groups is 1. The van der Waals surface area contributed by atoms with Crippen molar-refractivity contribution in [2.24, 2.45) is 0 Å². The second kappa shape index (κ2) is 9.84. The number of hydrogen-bond donors (Lipinski definition) is 0. The van der Waals surface area contributed by atoms with E-state index in [2.05, 4.69) is 30.9 Å². The van der Waals surface area contributed by atoms with E-state index in [0.717, 1.165) is 10.3 Å². The molecule has 0 atom stereocenters. The topological polar surface area (TPSA) is 95.9 Å². The number of rotatable bonds is 6. The molecule has 1 aliphatic rings. The highest BCUT2D eigenvalue weighted by atomic mass is 79.9. The van der Waals surface area contributed by atoms with Gasteiger partial charge in [0, 0.05) is 25.9 Å². The van der Waals surface area contributed by atoms with Crippen molar-refractivity contribution in [2.75, 3.05) is 13.1 Å². The maximum atomic E-state index is 11.6. The van der Waals surface area contributed by atoms with Gasteiger partial charge >= 0.3 is 6.16 Å². The summed E-state index contributed by atoms with van der Waals surface area (Å²) in [5, 5.41) is 1.59. The molecule has 1 saturated heterocycles. The zero-order chi connectivity index (χ0) is 20.8. The average molecular weight is 467 g/mol. The van der Waals surface area contributed by atoms with Crippen molar-refractivity contribution >= 4 is 22.1 Å². The van der Waals surface area contributed by atoms with Crippen molar-refractivity contribution in [3.05, 3.63) is 34.8 Å². The molecule has 1 aliphatic heterocycles. The van der Waals surface area contributed by atoms with Crippen LogP contribution >= 0.6 is 15.9 Å². The zero-order valence-electron chi connectivity index (χ0n) is 16.5. The number of piperidine rings is 1. The molecular weight excluding hydrogens is 444 g/mol. The molecule has 156 valence electrons. The van der Waals surface area contributed by atoms with Crippen LogP contribution < -0.4 is 9.47 Å². The first-order valence-corrected chi connectivity index (χ1v) is 10.1. The van der Waals surface area contributed by atoms with Gasteiger partial charge in [-0.05, 0) is 48.8 Å². The molecule has 0 N–H and O–H groups in total. The van der Waals surface area contributed by atoms with Gasteiger partial charge in [-0.15, -0.1) is 5.06 Å². The van der Waals surface area contributed by atoms with E-state index in [1.807, 2.05) is 13.0 Å². The van der Waals surface area contributed by atoms with Crippen LogP contribution in [0, 0.1) is 6.92 Å². The standard InChI is InChI=1S/C19H23BrN4O5/c1-12(2)26-19(25)29-24-8-6-14(7-9-24)27-17-10-18(22-11-21-17)28-15-4-5-16(20)23-13(15)3/h4-5,10-12,14H,6-9H2,1-3H3. The Kier molecular flexibility index (Phi) is 7.21. The summed E-state index contributed by atoms with van der Waals surface area (Å²) in [5.74, 6) is 1.41. The van der Waals surface area contributed by atoms with Crippen LogP contribution in [-0.2, 0) is 9.57 Å². The lowest BCUT2D eigenvalue weighted by atomic mass is 10.1. The molecule has 3 rings (SSSR count). The van der Waals surface area contributed by atoms with Gasteiger partial charge in [0.15, 0.2) is 5.75 Å². The molecule has 1 fully saturated rings. The molecule has 10 heteroatoms. The Morgan fingerprint density at radius 1 is 1.21 bits per heavy atom. The summed E-state index contributed by atoms with van der Waals surface area (Å²) in [6, 6.07) is 5.26. The van der Waals surface area contributed by atoms with E-state index in [1.54, 1.807) is 31.0 Å². The summed E-state index contributed by atoms with van der Waals surface area (Å²) in [4.78, 5) is 29.3. The van der Waals surface area contributed by atoms with Crippen molar-refractivity contribution in [3.63, 3.8) is 0 Å². The number of nitrogens with zero attached hydrogens (tertiary/aromatic N) is 4. The summed E-state index contributed by atoms with van der Waals surface area (Å²) in [5.41, 5.74) is 0.740. The normalized spacial score (nSPS) is 15.2. The Hall–Kier alpha value is -2.46. The van der Waals surface area contributed by atoms with Crippen molar-refractivity contribution in [3.8, 4) is 17.5 Å². The van der Waals surface area contributed by atoms with E-state index in [-0.39, 0.29) is 12.2 Å². The molecule has 0 aromatic carbocycles. The fourth-order valence-corrected chi connectivity index (χ4v) is 3.11. The lowest BCUT2D eigenvalue weighted by Gasteiger charge is -2.30. The van der Waals surface area contributed by atoms with Gasteiger partial charge < -0.3 is 19.0 Å². The zero-order valence-corrected chi connectivity index (χ0v) is 18.1. The molecule has 2 aromatic heterocycles. The quantitative estimate of drug-likeness (QED) is 0.460. The molecule has 9 nitrogen and oxygen atoms in total. The lowest BCUT2D eigenvalue weighted by molar-refractivity contribution is -0.151. The number of aromatic nitrogens is 3. The third-order valence-electron chi connectivity index (χ3n) is 4.06. The Balaban J connectivity index is 1.51. The second-order valence-electron chi connectivity index (χ2n) is 6.77. The van der Waals surface area contributed by atoms with Gasteiger partial charge in [-0.25, -0.2) is 19.7 Å². The van der Waals surface area contributed by atoms with Gasteiger partial charge in [0.1, 0.15) is 17.0 Å². The van der Waals surface area contributed by atoms with Crippen LogP contribution in [0.1, 0.15) is 32.4 Å². The fourth-order valence-electron chi connectivity index (χ4n) is 2.71. The van der Waals surface area contributed by atoms with Crippen LogP contribution in [0.3, 0.4) is 0 Å². The number of pyridine rings is 1. The first-order valence-electron chi connectivity index (χ1n) is 9.32. The molecule has 2 aromatic rings. The highest BCUT2D eigenvalue weighted by Gasteiger charge is 2.24. The molecule has 3 heterocycles. The number of hydroxylamine groups is 2. The summed E-state index contributed by atoms with van der Waals surface area (Å²) in [6.45, 7) is 6.50. The summed E-state index contributed by atoms with van der Waals surface area (Å²) in [7, 11) is 0. The largest absolute Gasteiger partial charge is 0.528 e. The van der Waals surface area contributed by atoms with E-state index in [9.17, 15) is 4.79 Å². The Labute approximate surface area is 177 Å². The third-order valence-corrected chi connectivity index (χ3v) is 4.50. The summed E-state index contributed by atoms with van der Waals surface area (Å²) < 4.78 is 17.5. The van der Waals surface area contributed by atoms with E-state index in [1.165, 1.54) is 6.33 Å². The van der Waals surface area contributed by atoms with Gasteiger partial charge in [0.05, 0.1) is 17.9 Å². The molecule has 0 bridgehead atoms. The lowest BCUT2D eigenvalue weighted by Crippen LogP contribution is -2.40. The highest BCUT2D eigenvalue weighted by molar-refractivity contribution is 9.10. The highest BCUT2D eigenvalue weighted by Crippen LogP contribution is 2.26. The van der Waals surface area contributed by atoms with Gasteiger partial charge in [-0.2, -0.15) is 0 Å². The van der Waals surface area contributed by atoms with Crippen LogP contribution in [0.4, 0.5) is 4.79 Å². The number of carbonyl (C=O) groups excluding carboxylic acids is 1. The minimum atomic E-state index is -0.685. The smallest absolute Gasteiger partial charge is 0.474 e. The first-order chi connectivity index (χ1) is 13.9. The fraction of sp³-hybridized carbons (Fsp3) is 0.474. The molecule has 0 aliphatic carbocycles. The number of hydrogen-bond acceptors (Lipinski definition) is 9. The number of aryl methyl sites for hydroxylation is 1. The maximum Gasteiger partial charge on any atom is 0.528 e. The maximum absolute atomic E-state index is 11.6. The van der Waals surface area contributed by atoms with Gasteiger partial charge in [0.2, 0.25) is 11.8 Å². The van der Waals surface area contributed by atoms with Crippen LogP contribution in [0.25, 0.3) is 0 Å². The number of ether oxygens (including phenoxy) is 3.